The second kappa shape index (κ2) is 4.28. The van der Waals surface area contributed by atoms with Crippen LogP contribution in [0.5, 0.6) is 0 Å². The highest BCUT2D eigenvalue weighted by molar-refractivity contribution is 5.53. The quantitative estimate of drug-likeness (QED) is 0.694. The van der Waals surface area contributed by atoms with E-state index in [9.17, 15) is 0 Å². The number of rotatable bonds is 3. The van der Waals surface area contributed by atoms with Crippen LogP contribution in [-0.4, -0.2) is 0 Å². The third-order valence-corrected chi connectivity index (χ3v) is 2.43. The van der Waals surface area contributed by atoms with Crippen LogP contribution in [0.3, 0.4) is 0 Å². The van der Waals surface area contributed by atoms with Crippen molar-refractivity contribution >= 4 is 5.69 Å². The van der Waals surface area contributed by atoms with Crippen LogP contribution >= 0.6 is 0 Å². The summed E-state index contributed by atoms with van der Waals surface area (Å²) in [6.07, 6.45) is 2.03. The van der Waals surface area contributed by atoms with E-state index < -0.39 is 0 Å². The maximum atomic E-state index is 5.90. The zero-order valence-corrected chi connectivity index (χ0v) is 8.43. The van der Waals surface area contributed by atoms with Crippen molar-refractivity contribution in [2.45, 2.75) is 33.2 Å². The van der Waals surface area contributed by atoms with Crippen molar-refractivity contribution < 1.29 is 0 Å². The molecular formula is C11H18N2. The van der Waals surface area contributed by atoms with Gasteiger partial charge in [-0.25, -0.2) is 0 Å². The lowest BCUT2D eigenvalue weighted by Gasteiger charge is -2.11. The van der Waals surface area contributed by atoms with Gasteiger partial charge in [0.25, 0.3) is 0 Å². The van der Waals surface area contributed by atoms with Gasteiger partial charge in [0.1, 0.15) is 0 Å². The number of nitrogen functional groups attached to an aromatic ring is 1. The van der Waals surface area contributed by atoms with Gasteiger partial charge in [-0.15, -0.1) is 0 Å². The molecule has 72 valence electrons. The second-order valence-electron chi connectivity index (χ2n) is 3.23. The molecule has 0 aliphatic rings. The molecule has 1 aromatic rings. The van der Waals surface area contributed by atoms with Crippen LogP contribution in [0, 0.1) is 0 Å². The third-order valence-electron chi connectivity index (χ3n) is 2.43. The van der Waals surface area contributed by atoms with Gasteiger partial charge in [-0.05, 0) is 35.6 Å². The molecule has 0 unspecified atom stereocenters. The molecule has 0 saturated heterocycles. The molecule has 0 radical (unpaired) electrons. The van der Waals surface area contributed by atoms with Crippen molar-refractivity contribution in [3.05, 3.63) is 28.8 Å². The van der Waals surface area contributed by atoms with E-state index >= 15 is 0 Å². The summed E-state index contributed by atoms with van der Waals surface area (Å²) in [5.41, 5.74) is 16.1. The van der Waals surface area contributed by atoms with Crippen LogP contribution in [0.1, 0.15) is 30.5 Å². The molecule has 0 aliphatic carbocycles. The molecular weight excluding hydrogens is 160 g/mol. The summed E-state index contributed by atoms with van der Waals surface area (Å²) in [4.78, 5) is 0. The smallest absolute Gasteiger partial charge is 0.0365 e. The Labute approximate surface area is 79.9 Å². The van der Waals surface area contributed by atoms with E-state index in [0.29, 0.717) is 6.54 Å². The summed E-state index contributed by atoms with van der Waals surface area (Å²) in [6.45, 7) is 4.81. The highest BCUT2D eigenvalue weighted by atomic mass is 14.6. The Hall–Kier alpha value is -1.02. The SMILES string of the molecule is CCc1cc(N)c(CN)c(CC)c1. The van der Waals surface area contributed by atoms with Crippen LogP contribution in [0.2, 0.25) is 0 Å². The molecule has 0 saturated carbocycles. The maximum absolute atomic E-state index is 5.90. The lowest BCUT2D eigenvalue weighted by molar-refractivity contribution is 0.993. The summed E-state index contributed by atoms with van der Waals surface area (Å²) in [6, 6.07) is 4.24. The number of hydrogen-bond donors (Lipinski definition) is 2. The predicted octanol–water partition coefficient (Wildman–Crippen LogP) is 1.85. The Morgan fingerprint density at radius 3 is 2.31 bits per heavy atom. The molecule has 0 aromatic heterocycles. The van der Waals surface area contributed by atoms with Crippen molar-refractivity contribution in [2.24, 2.45) is 5.73 Å². The maximum Gasteiger partial charge on any atom is 0.0365 e. The van der Waals surface area contributed by atoms with Gasteiger partial charge in [-0.1, -0.05) is 19.9 Å². The summed E-state index contributed by atoms with van der Waals surface area (Å²) in [5, 5.41) is 0. The van der Waals surface area contributed by atoms with Crippen LogP contribution < -0.4 is 11.5 Å². The molecule has 2 heteroatoms. The van der Waals surface area contributed by atoms with E-state index in [0.717, 1.165) is 24.1 Å². The van der Waals surface area contributed by atoms with E-state index in [1.54, 1.807) is 0 Å². The second-order valence-corrected chi connectivity index (χ2v) is 3.23. The molecule has 0 aliphatic heterocycles. The van der Waals surface area contributed by atoms with Gasteiger partial charge in [0.05, 0.1) is 0 Å². The summed E-state index contributed by atoms with van der Waals surface area (Å²) >= 11 is 0. The predicted molar refractivity (Wildman–Crippen MR) is 57.5 cm³/mol. The molecule has 0 heterocycles. The third kappa shape index (κ3) is 2.01. The van der Waals surface area contributed by atoms with Gasteiger partial charge >= 0.3 is 0 Å². The van der Waals surface area contributed by atoms with E-state index in [2.05, 4.69) is 19.9 Å². The Morgan fingerprint density at radius 1 is 1.15 bits per heavy atom. The number of nitrogens with two attached hydrogens (primary N) is 2. The Bertz CT molecular complexity index is 292. The highest BCUT2D eigenvalue weighted by Crippen LogP contribution is 2.20. The van der Waals surface area contributed by atoms with Gasteiger partial charge in [-0.2, -0.15) is 0 Å². The van der Waals surface area contributed by atoms with Crippen molar-refractivity contribution in [3.8, 4) is 0 Å². The van der Waals surface area contributed by atoms with Gasteiger partial charge < -0.3 is 11.5 Å². The molecule has 1 rings (SSSR count). The normalized spacial score (nSPS) is 10.4. The fourth-order valence-electron chi connectivity index (χ4n) is 1.59. The lowest BCUT2D eigenvalue weighted by Crippen LogP contribution is -2.06. The number of aryl methyl sites for hydroxylation is 2. The fourth-order valence-corrected chi connectivity index (χ4v) is 1.59. The standard InChI is InChI=1S/C11H18N2/c1-3-8-5-9(4-2)10(7-12)11(13)6-8/h5-6H,3-4,7,12-13H2,1-2H3. The Kier molecular flexibility index (Phi) is 3.32. The first kappa shape index (κ1) is 10.1. The average Bonchev–Trinajstić information content (AvgIpc) is 2.16. The van der Waals surface area contributed by atoms with Crippen molar-refractivity contribution in [2.75, 3.05) is 5.73 Å². The summed E-state index contributed by atoms with van der Waals surface area (Å²) in [5.74, 6) is 0. The molecule has 0 amide bonds. The van der Waals surface area contributed by atoms with Gasteiger partial charge in [0.2, 0.25) is 0 Å². The average molecular weight is 178 g/mol. The van der Waals surface area contributed by atoms with Crippen LogP contribution in [0.4, 0.5) is 5.69 Å². The molecule has 0 fully saturated rings. The van der Waals surface area contributed by atoms with E-state index in [4.69, 9.17) is 11.5 Å². The van der Waals surface area contributed by atoms with Crippen molar-refractivity contribution in [3.63, 3.8) is 0 Å². The number of anilines is 1. The zero-order chi connectivity index (χ0) is 9.84. The summed E-state index contributed by atoms with van der Waals surface area (Å²) < 4.78 is 0. The highest BCUT2D eigenvalue weighted by Gasteiger charge is 2.04. The minimum atomic E-state index is 0.541. The molecule has 0 bridgehead atoms. The molecule has 0 spiro atoms. The molecule has 13 heavy (non-hydrogen) atoms. The van der Waals surface area contributed by atoms with Crippen LogP contribution in [0.15, 0.2) is 12.1 Å². The van der Waals surface area contributed by atoms with Crippen LogP contribution in [0.25, 0.3) is 0 Å². The van der Waals surface area contributed by atoms with Crippen molar-refractivity contribution in [1.82, 2.24) is 0 Å². The molecule has 4 N–H and O–H groups in total. The minimum Gasteiger partial charge on any atom is -0.398 e. The minimum absolute atomic E-state index is 0.541. The van der Waals surface area contributed by atoms with Crippen LogP contribution in [-0.2, 0) is 19.4 Å². The Balaban J connectivity index is 3.20. The van der Waals surface area contributed by atoms with E-state index in [-0.39, 0.29) is 0 Å². The Morgan fingerprint density at radius 2 is 1.85 bits per heavy atom. The summed E-state index contributed by atoms with van der Waals surface area (Å²) in [7, 11) is 0. The molecule has 0 atom stereocenters. The first-order valence-electron chi connectivity index (χ1n) is 4.83. The largest absolute Gasteiger partial charge is 0.398 e. The first-order chi connectivity index (χ1) is 6.22. The monoisotopic (exact) mass is 178 g/mol. The first-order valence-corrected chi connectivity index (χ1v) is 4.83. The fraction of sp³-hybridized carbons (Fsp3) is 0.455. The number of benzene rings is 1. The van der Waals surface area contributed by atoms with E-state index in [1.807, 2.05) is 6.07 Å². The zero-order valence-electron chi connectivity index (χ0n) is 8.43. The topological polar surface area (TPSA) is 52.0 Å². The van der Waals surface area contributed by atoms with Gasteiger partial charge in [0, 0.05) is 12.2 Å². The van der Waals surface area contributed by atoms with Crippen molar-refractivity contribution in [1.29, 1.82) is 0 Å². The van der Waals surface area contributed by atoms with Gasteiger partial charge in [0.15, 0.2) is 0 Å². The van der Waals surface area contributed by atoms with E-state index in [1.165, 1.54) is 11.1 Å². The molecule has 1 aromatic carbocycles. The van der Waals surface area contributed by atoms with Gasteiger partial charge in [-0.3, -0.25) is 0 Å². The molecule has 2 nitrogen and oxygen atoms in total. The lowest BCUT2D eigenvalue weighted by atomic mass is 9.99. The number of hydrogen-bond acceptors (Lipinski definition) is 2.